The SMILES string of the molecule is Cc1ccc(Cn2ccc3c(C=O)cc(F)cc32)cc1. The van der Waals surface area contributed by atoms with Crippen molar-refractivity contribution in [2.45, 2.75) is 13.5 Å². The molecule has 20 heavy (non-hydrogen) atoms. The van der Waals surface area contributed by atoms with Gasteiger partial charge in [0.2, 0.25) is 0 Å². The molecule has 0 N–H and O–H groups in total. The van der Waals surface area contributed by atoms with Crippen LogP contribution in [0.25, 0.3) is 10.9 Å². The Morgan fingerprint density at radius 1 is 1.15 bits per heavy atom. The number of benzene rings is 2. The minimum Gasteiger partial charge on any atom is -0.343 e. The first kappa shape index (κ1) is 12.6. The highest BCUT2D eigenvalue weighted by Crippen LogP contribution is 2.22. The molecular formula is C17H14FNO. The minimum absolute atomic E-state index is 0.386. The van der Waals surface area contributed by atoms with Crippen molar-refractivity contribution >= 4 is 17.2 Å². The van der Waals surface area contributed by atoms with Crippen molar-refractivity contribution in [3.63, 3.8) is 0 Å². The topological polar surface area (TPSA) is 22.0 Å². The third-order valence-electron chi connectivity index (χ3n) is 3.49. The summed E-state index contributed by atoms with van der Waals surface area (Å²) in [6.07, 6.45) is 2.58. The van der Waals surface area contributed by atoms with E-state index < -0.39 is 0 Å². The summed E-state index contributed by atoms with van der Waals surface area (Å²) in [6.45, 7) is 2.70. The second kappa shape index (κ2) is 4.93. The third-order valence-corrected chi connectivity index (χ3v) is 3.49. The van der Waals surface area contributed by atoms with Gasteiger partial charge < -0.3 is 4.57 Å². The molecule has 0 aliphatic carbocycles. The molecule has 3 rings (SSSR count). The number of aldehydes is 1. The van der Waals surface area contributed by atoms with Crippen LogP contribution in [0.5, 0.6) is 0 Å². The molecule has 0 unspecified atom stereocenters. The van der Waals surface area contributed by atoms with Crippen molar-refractivity contribution in [2.24, 2.45) is 0 Å². The Labute approximate surface area is 116 Å². The third kappa shape index (κ3) is 2.23. The molecule has 2 nitrogen and oxygen atoms in total. The van der Waals surface area contributed by atoms with Gasteiger partial charge in [0.15, 0.2) is 6.29 Å². The number of halogens is 1. The molecule has 100 valence electrons. The first-order valence-corrected chi connectivity index (χ1v) is 6.46. The van der Waals surface area contributed by atoms with E-state index in [9.17, 15) is 9.18 Å². The Hall–Kier alpha value is -2.42. The van der Waals surface area contributed by atoms with E-state index in [2.05, 4.69) is 24.3 Å². The van der Waals surface area contributed by atoms with Crippen molar-refractivity contribution in [1.29, 1.82) is 0 Å². The molecular weight excluding hydrogens is 253 g/mol. The molecule has 0 atom stereocenters. The van der Waals surface area contributed by atoms with Gasteiger partial charge in [0.1, 0.15) is 5.82 Å². The van der Waals surface area contributed by atoms with Crippen molar-refractivity contribution in [3.05, 3.63) is 71.2 Å². The smallest absolute Gasteiger partial charge is 0.150 e. The number of aromatic nitrogens is 1. The molecule has 0 aliphatic heterocycles. The Bertz CT molecular complexity index is 772. The number of carbonyl (C=O) groups is 1. The van der Waals surface area contributed by atoms with E-state index in [0.29, 0.717) is 18.4 Å². The largest absolute Gasteiger partial charge is 0.343 e. The van der Waals surface area contributed by atoms with Gasteiger partial charge in [-0.1, -0.05) is 29.8 Å². The molecule has 3 heteroatoms. The van der Waals surface area contributed by atoms with Crippen LogP contribution in [0, 0.1) is 12.7 Å². The highest BCUT2D eigenvalue weighted by atomic mass is 19.1. The minimum atomic E-state index is -0.386. The second-order valence-electron chi connectivity index (χ2n) is 4.97. The summed E-state index contributed by atoms with van der Waals surface area (Å²) in [7, 11) is 0. The molecule has 0 fully saturated rings. The van der Waals surface area contributed by atoms with E-state index in [-0.39, 0.29) is 5.82 Å². The van der Waals surface area contributed by atoms with Crippen molar-refractivity contribution in [3.8, 4) is 0 Å². The molecule has 0 spiro atoms. The monoisotopic (exact) mass is 267 g/mol. The summed E-state index contributed by atoms with van der Waals surface area (Å²) >= 11 is 0. The molecule has 1 aromatic heterocycles. The van der Waals surface area contributed by atoms with Crippen LogP contribution in [0.1, 0.15) is 21.5 Å². The van der Waals surface area contributed by atoms with Crippen LogP contribution in [0.2, 0.25) is 0 Å². The van der Waals surface area contributed by atoms with Crippen LogP contribution < -0.4 is 0 Å². The Morgan fingerprint density at radius 2 is 1.90 bits per heavy atom. The van der Waals surface area contributed by atoms with Gasteiger partial charge in [0.05, 0.1) is 5.52 Å². The number of rotatable bonds is 3. The lowest BCUT2D eigenvalue weighted by atomic mass is 10.1. The average Bonchev–Trinajstić information content (AvgIpc) is 2.83. The van der Waals surface area contributed by atoms with E-state index in [1.807, 2.05) is 23.8 Å². The van der Waals surface area contributed by atoms with Gasteiger partial charge in [-0.25, -0.2) is 4.39 Å². The lowest BCUT2D eigenvalue weighted by Crippen LogP contribution is -1.98. The van der Waals surface area contributed by atoms with Crippen LogP contribution >= 0.6 is 0 Å². The van der Waals surface area contributed by atoms with E-state index >= 15 is 0 Å². The van der Waals surface area contributed by atoms with Crippen LogP contribution in [0.4, 0.5) is 4.39 Å². The number of aryl methyl sites for hydroxylation is 1. The molecule has 0 radical (unpaired) electrons. The van der Waals surface area contributed by atoms with Crippen LogP contribution in [-0.2, 0) is 6.54 Å². The molecule has 0 amide bonds. The number of hydrogen-bond acceptors (Lipinski definition) is 1. The zero-order valence-electron chi connectivity index (χ0n) is 11.1. The molecule has 0 saturated carbocycles. The van der Waals surface area contributed by atoms with Gasteiger partial charge in [0, 0.05) is 23.7 Å². The molecule has 0 aliphatic rings. The highest BCUT2D eigenvalue weighted by Gasteiger charge is 2.08. The van der Waals surface area contributed by atoms with E-state index in [1.54, 1.807) is 0 Å². The number of hydrogen-bond donors (Lipinski definition) is 0. The summed E-state index contributed by atoms with van der Waals surface area (Å²) in [5.74, 6) is -0.386. The van der Waals surface area contributed by atoms with Crippen molar-refractivity contribution in [1.82, 2.24) is 4.57 Å². The van der Waals surface area contributed by atoms with Crippen LogP contribution in [0.15, 0.2) is 48.7 Å². The quantitative estimate of drug-likeness (QED) is 0.659. The number of fused-ring (bicyclic) bond motifs is 1. The fourth-order valence-electron chi connectivity index (χ4n) is 2.41. The first-order chi connectivity index (χ1) is 9.67. The van der Waals surface area contributed by atoms with Gasteiger partial charge in [-0.3, -0.25) is 4.79 Å². The zero-order chi connectivity index (χ0) is 14.1. The maximum Gasteiger partial charge on any atom is 0.150 e. The lowest BCUT2D eigenvalue weighted by Gasteiger charge is -2.07. The van der Waals surface area contributed by atoms with Gasteiger partial charge in [-0.15, -0.1) is 0 Å². The standard InChI is InChI=1S/C17H14FNO/c1-12-2-4-13(5-3-12)10-19-7-6-16-14(11-20)8-15(18)9-17(16)19/h2-9,11H,10H2,1H3. The molecule has 2 aromatic carbocycles. The van der Waals surface area contributed by atoms with E-state index in [4.69, 9.17) is 0 Å². The second-order valence-corrected chi connectivity index (χ2v) is 4.97. The fraction of sp³-hybridized carbons (Fsp3) is 0.118. The van der Waals surface area contributed by atoms with Crippen molar-refractivity contribution in [2.75, 3.05) is 0 Å². The van der Waals surface area contributed by atoms with Gasteiger partial charge in [-0.2, -0.15) is 0 Å². The van der Waals surface area contributed by atoms with Crippen LogP contribution in [0.3, 0.4) is 0 Å². The highest BCUT2D eigenvalue weighted by molar-refractivity contribution is 5.97. The Kier molecular flexibility index (Phi) is 3.11. The van der Waals surface area contributed by atoms with Gasteiger partial charge in [0.25, 0.3) is 0 Å². The van der Waals surface area contributed by atoms with Gasteiger partial charge in [-0.05, 0) is 30.7 Å². The van der Waals surface area contributed by atoms with Crippen molar-refractivity contribution < 1.29 is 9.18 Å². The molecule has 0 saturated heterocycles. The number of carbonyl (C=O) groups excluding carboxylic acids is 1. The van der Waals surface area contributed by atoms with E-state index in [1.165, 1.54) is 17.7 Å². The lowest BCUT2D eigenvalue weighted by molar-refractivity contribution is 0.112. The predicted molar refractivity (Wildman–Crippen MR) is 77.6 cm³/mol. The summed E-state index contributed by atoms with van der Waals surface area (Å²) in [4.78, 5) is 11.0. The van der Waals surface area contributed by atoms with Crippen LogP contribution in [-0.4, -0.2) is 10.9 Å². The maximum absolute atomic E-state index is 13.6. The predicted octanol–water partition coefficient (Wildman–Crippen LogP) is 3.95. The average molecular weight is 267 g/mol. The number of nitrogens with zero attached hydrogens (tertiary/aromatic N) is 1. The summed E-state index contributed by atoms with van der Waals surface area (Å²) in [5.41, 5.74) is 3.49. The summed E-state index contributed by atoms with van der Waals surface area (Å²) in [5, 5.41) is 0.786. The first-order valence-electron chi connectivity index (χ1n) is 6.46. The molecule has 0 bridgehead atoms. The van der Waals surface area contributed by atoms with Gasteiger partial charge >= 0.3 is 0 Å². The molecule has 3 aromatic rings. The normalized spacial score (nSPS) is 10.9. The van der Waals surface area contributed by atoms with E-state index in [0.717, 1.165) is 16.5 Å². The summed E-state index contributed by atoms with van der Waals surface area (Å²) in [6, 6.07) is 12.8. The zero-order valence-corrected chi connectivity index (χ0v) is 11.1. The Morgan fingerprint density at radius 3 is 2.60 bits per heavy atom. The maximum atomic E-state index is 13.6. The fourth-order valence-corrected chi connectivity index (χ4v) is 2.41. The summed E-state index contributed by atoms with van der Waals surface area (Å²) < 4.78 is 15.5. The Balaban J connectivity index is 2.06. The molecule has 1 heterocycles.